The molecule has 0 radical (unpaired) electrons. The van der Waals surface area contributed by atoms with Gasteiger partial charge in [0.2, 0.25) is 4.77 Å². The first-order valence-corrected chi connectivity index (χ1v) is 4.01. The second kappa shape index (κ2) is 2.74. The molecule has 0 saturated carbocycles. The van der Waals surface area contributed by atoms with Crippen LogP contribution in [0.4, 0.5) is 0 Å². The lowest BCUT2D eigenvalue weighted by Crippen LogP contribution is -2.17. The standard InChI is InChI=1S/C7H6N4OS/c1-11-3-2-8-4-5(11)9-7(13)10-6(4)12/h2-3H,1H3,(H,10,12,13). The number of H-pyrrole nitrogens is 1. The van der Waals surface area contributed by atoms with E-state index in [2.05, 4.69) is 15.0 Å². The van der Waals surface area contributed by atoms with Gasteiger partial charge >= 0.3 is 0 Å². The molecule has 5 nitrogen and oxygen atoms in total. The number of aromatic amines is 1. The van der Waals surface area contributed by atoms with E-state index in [9.17, 15) is 4.79 Å². The first-order valence-electron chi connectivity index (χ1n) is 3.60. The van der Waals surface area contributed by atoms with E-state index >= 15 is 0 Å². The Morgan fingerprint density at radius 2 is 2.38 bits per heavy atom. The van der Waals surface area contributed by atoms with Crippen LogP contribution in [0.1, 0.15) is 0 Å². The molecule has 0 fully saturated rings. The second-order valence-corrected chi connectivity index (χ2v) is 2.97. The van der Waals surface area contributed by atoms with Crippen LogP contribution in [0.3, 0.4) is 0 Å². The van der Waals surface area contributed by atoms with Crippen LogP contribution in [0.25, 0.3) is 11.5 Å². The highest BCUT2D eigenvalue weighted by Gasteiger charge is 2.10. The number of hydrogen-bond acceptors (Lipinski definition) is 4. The molecule has 0 spiro atoms. The van der Waals surface area contributed by atoms with E-state index in [0.717, 1.165) is 0 Å². The summed E-state index contributed by atoms with van der Waals surface area (Å²) < 4.78 is 1.88. The van der Waals surface area contributed by atoms with Crippen LogP contribution in [-0.4, -0.2) is 19.5 Å². The lowest BCUT2D eigenvalue weighted by atomic mass is 10.4. The number of fused-ring (bicyclic) bond motifs is 1. The van der Waals surface area contributed by atoms with Gasteiger partial charge in [-0.2, -0.15) is 4.98 Å². The number of nitrogens with zero attached hydrogens (tertiary/aromatic N) is 3. The van der Waals surface area contributed by atoms with Gasteiger partial charge in [-0.3, -0.25) is 9.78 Å². The predicted octanol–water partition coefficient (Wildman–Crippen LogP) is 0.338. The van der Waals surface area contributed by atoms with Crippen molar-refractivity contribution in [3.8, 4) is 11.5 Å². The highest BCUT2D eigenvalue weighted by molar-refractivity contribution is 7.71. The molecule has 0 aromatic heterocycles. The molecule has 13 heavy (non-hydrogen) atoms. The topological polar surface area (TPSA) is 63.6 Å². The van der Waals surface area contributed by atoms with Gasteiger partial charge in [0.15, 0.2) is 11.5 Å². The van der Waals surface area contributed by atoms with Crippen LogP contribution in [-0.2, 0) is 7.05 Å². The molecule has 2 aliphatic rings. The average Bonchev–Trinajstić information content (AvgIpc) is 2.07. The van der Waals surface area contributed by atoms with Crippen molar-refractivity contribution >= 4 is 12.2 Å². The van der Waals surface area contributed by atoms with Gasteiger partial charge in [0.25, 0.3) is 5.56 Å². The third kappa shape index (κ3) is 1.25. The molecule has 0 saturated heterocycles. The molecule has 0 bridgehead atoms. The molecule has 66 valence electrons. The van der Waals surface area contributed by atoms with Gasteiger partial charge in [-0.15, -0.1) is 0 Å². The summed E-state index contributed by atoms with van der Waals surface area (Å²) in [5.41, 5.74) is 0.00444. The minimum atomic E-state index is -0.300. The van der Waals surface area contributed by atoms with Crippen molar-refractivity contribution in [3.63, 3.8) is 0 Å². The molecule has 1 N–H and O–H groups in total. The summed E-state index contributed by atoms with van der Waals surface area (Å²) in [6.07, 6.45) is 3.26. The van der Waals surface area contributed by atoms with Gasteiger partial charge in [0.05, 0.1) is 0 Å². The van der Waals surface area contributed by atoms with Crippen LogP contribution < -0.4 is 5.56 Å². The van der Waals surface area contributed by atoms with Crippen molar-refractivity contribution in [1.82, 2.24) is 19.5 Å². The lowest BCUT2D eigenvalue weighted by molar-refractivity contribution is 0.840. The van der Waals surface area contributed by atoms with Crippen molar-refractivity contribution < 1.29 is 0 Å². The maximum absolute atomic E-state index is 11.3. The van der Waals surface area contributed by atoms with Crippen LogP contribution in [0.5, 0.6) is 0 Å². The second-order valence-electron chi connectivity index (χ2n) is 2.58. The first-order chi connectivity index (χ1) is 6.18. The number of hydrogen-bond donors (Lipinski definition) is 1. The Kier molecular flexibility index (Phi) is 1.70. The largest absolute Gasteiger partial charge is 0.332 e. The van der Waals surface area contributed by atoms with Crippen molar-refractivity contribution in [2.45, 2.75) is 0 Å². The zero-order chi connectivity index (χ0) is 9.42. The molecule has 2 rings (SSSR count). The van der Waals surface area contributed by atoms with E-state index in [1.807, 2.05) is 0 Å². The van der Waals surface area contributed by atoms with Crippen molar-refractivity contribution in [1.29, 1.82) is 0 Å². The molecule has 2 aliphatic heterocycles. The minimum Gasteiger partial charge on any atom is -0.332 e. The SMILES string of the molecule is Cn1ccnc2c(=O)[nH]c(=S)nc1-2. The summed E-state index contributed by atoms with van der Waals surface area (Å²) >= 11 is 4.78. The molecular formula is C7H6N4OS. The minimum absolute atomic E-state index is 0.182. The smallest absolute Gasteiger partial charge is 0.279 e. The van der Waals surface area contributed by atoms with Crippen molar-refractivity contribution in [2.75, 3.05) is 0 Å². The summed E-state index contributed by atoms with van der Waals surface area (Å²) in [5, 5.41) is 0. The predicted molar refractivity (Wildman–Crippen MR) is 49.1 cm³/mol. The van der Waals surface area contributed by atoms with Crippen LogP contribution in [0.2, 0.25) is 0 Å². The van der Waals surface area contributed by atoms with Gasteiger partial charge in [-0.1, -0.05) is 0 Å². The lowest BCUT2D eigenvalue weighted by Gasteiger charge is -2.06. The Labute approximate surface area is 78.4 Å². The van der Waals surface area contributed by atoms with Gasteiger partial charge in [0, 0.05) is 19.4 Å². The molecule has 0 aliphatic carbocycles. The summed E-state index contributed by atoms with van der Waals surface area (Å²) in [4.78, 5) is 21.6. The zero-order valence-corrected chi connectivity index (χ0v) is 7.63. The quantitative estimate of drug-likeness (QED) is 0.614. The maximum atomic E-state index is 11.3. The van der Waals surface area contributed by atoms with Crippen LogP contribution in [0.15, 0.2) is 17.2 Å². The molecule has 2 heterocycles. The first kappa shape index (κ1) is 8.06. The number of aryl methyl sites for hydroxylation is 1. The van der Waals surface area contributed by atoms with E-state index in [1.165, 1.54) is 0 Å². The molecule has 0 aromatic rings. The van der Waals surface area contributed by atoms with Gasteiger partial charge < -0.3 is 4.57 Å². The van der Waals surface area contributed by atoms with E-state index in [0.29, 0.717) is 11.5 Å². The van der Waals surface area contributed by atoms with Gasteiger partial charge in [-0.05, 0) is 12.2 Å². The fourth-order valence-electron chi connectivity index (χ4n) is 1.08. The summed E-state index contributed by atoms with van der Waals surface area (Å²) in [6.45, 7) is 0. The monoisotopic (exact) mass is 194 g/mol. The van der Waals surface area contributed by atoms with E-state index < -0.39 is 0 Å². The fourth-order valence-corrected chi connectivity index (χ4v) is 1.25. The Hall–Kier alpha value is -1.56. The molecule has 0 unspecified atom stereocenters. The highest BCUT2D eigenvalue weighted by Crippen LogP contribution is 2.07. The summed E-state index contributed by atoms with van der Waals surface area (Å²) in [6, 6.07) is 0. The third-order valence-corrected chi connectivity index (χ3v) is 1.88. The summed E-state index contributed by atoms with van der Waals surface area (Å²) in [7, 11) is 1.78. The van der Waals surface area contributed by atoms with E-state index in [1.54, 1.807) is 24.0 Å². The zero-order valence-electron chi connectivity index (χ0n) is 6.81. The molecule has 6 heteroatoms. The number of nitrogens with one attached hydrogen (secondary N) is 1. The Bertz CT molecular complexity index is 529. The molecular weight excluding hydrogens is 188 g/mol. The van der Waals surface area contributed by atoms with Crippen molar-refractivity contribution in [2.24, 2.45) is 7.05 Å². The normalized spacial score (nSPS) is 10.5. The van der Waals surface area contributed by atoms with Crippen molar-refractivity contribution in [3.05, 3.63) is 27.5 Å². The average molecular weight is 194 g/mol. The fraction of sp³-hybridized carbons (Fsp3) is 0.143. The number of aromatic nitrogens is 4. The Balaban J connectivity index is 3.01. The van der Waals surface area contributed by atoms with E-state index in [4.69, 9.17) is 12.2 Å². The number of rotatable bonds is 0. The third-order valence-electron chi connectivity index (χ3n) is 1.68. The van der Waals surface area contributed by atoms with Gasteiger partial charge in [-0.25, -0.2) is 4.98 Å². The highest BCUT2D eigenvalue weighted by atomic mass is 32.1. The molecule has 0 amide bonds. The Morgan fingerprint density at radius 3 is 3.15 bits per heavy atom. The van der Waals surface area contributed by atoms with Gasteiger partial charge in [0.1, 0.15) is 0 Å². The van der Waals surface area contributed by atoms with Crippen LogP contribution >= 0.6 is 12.2 Å². The maximum Gasteiger partial charge on any atom is 0.279 e. The molecule has 0 aromatic carbocycles. The van der Waals surface area contributed by atoms with Crippen LogP contribution in [0, 0.1) is 4.77 Å². The van der Waals surface area contributed by atoms with E-state index in [-0.39, 0.29) is 10.3 Å². The Morgan fingerprint density at radius 1 is 1.62 bits per heavy atom. The molecule has 0 atom stereocenters. The summed E-state index contributed by atoms with van der Waals surface area (Å²) in [5.74, 6) is 0.497.